The normalized spacial score (nSPS) is 23.2. The van der Waals surface area contributed by atoms with Gasteiger partial charge in [-0.3, -0.25) is 4.99 Å². The zero-order valence-corrected chi connectivity index (χ0v) is 9.87. The van der Waals surface area contributed by atoms with E-state index in [1.165, 1.54) is 12.8 Å². The molecule has 2 atom stereocenters. The van der Waals surface area contributed by atoms with Gasteiger partial charge >= 0.3 is 0 Å². The van der Waals surface area contributed by atoms with Crippen molar-refractivity contribution in [1.82, 2.24) is 5.32 Å². The Labute approximate surface area is 93.2 Å². The topological polar surface area (TPSA) is 24.4 Å². The lowest BCUT2D eigenvalue weighted by Crippen LogP contribution is -2.39. The van der Waals surface area contributed by atoms with Crippen LogP contribution in [-0.4, -0.2) is 18.3 Å². The Morgan fingerprint density at radius 2 is 2.47 bits per heavy atom. The zero-order valence-electron chi connectivity index (χ0n) is 9.87. The van der Waals surface area contributed by atoms with E-state index in [9.17, 15) is 0 Å². The van der Waals surface area contributed by atoms with Crippen molar-refractivity contribution in [2.75, 3.05) is 0 Å². The molecule has 0 aromatic rings. The second-order valence-corrected chi connectivity index (χ2v) is 4.18. The Kier molecular flexibility index (Phi) is 5.33. The van der Waals surface area contributed by atoms with Crippen molar-refractivity contribution in [1.29, 1.82) is 0 Å². The van der Waals surface area contributed by atoms with Crippen LogP contribution in [0.3, 0.4) is 0 Å². The average molecular weight is 206 g/mol. The summed E-state index contributed by atoms with van der Waals surface area (Å²) >= 11 is 0. The van der Waals surface area contributed by atoms with Gasteiger partial charge in [0.1, 0.15) is 0 Å². The number of allylic oxidation sites excluding steroid dienone is 2. The van der Waals surface area contributed by atoms with Crippen LogP contribution in [0.25, 0.3) is 0 Å². The first kappa shape index (κ1) is 12.2. The minimum atomic E-state index is 0.387. The van der Waals surface area contributed by atoms with Gasteiger partial charge in [0.2, 0.25) is 0 Å². The molecule has 1 aliphatic rings. The molecular weight excluding hydrogens is 184 g/mol. The second-order valence-electron chi connectivity index (χ2n) is 4.18. The smallest absolute Gasteiger partial charge is 0.0424 e. The monoisotopic (exact) mass is 206 g/mol. The Bertz CT molecular complexity index is 253. The van der Waals surface area contributed by atoms with Crippen molar-refractivity contribution in [2.24, 2.45) is 4.99 Å². The van der Waals surface area contributed by atoms with Crippen LogP contribution >= 0.6 is 0 Å². The third-order valence-electron chi connectivity index (χ3n) is 2.63. The van der Waals surface area contributed by atoms with E-state index in [1.54, 1.807) is 0 Å². The highest BCUT2D eigenvalue weighted by atomic mass is 15.0. The van der Waals surface area contributed by atoms with Crippen molar-refractivity contribution in [3.05, 3.63) is 24.4 Å². The second kappa shape index (κ2) is 6.57. The van der Waals surface area contributed by atoms with Gasteiger partial charge in [0.15, 0.2) is 0 Å². The fourth-order valence-electron chi connectivity index (χ4n) is 1.73. The Balaban J connectivity index is 2.38. The quantitative estimate of drug-likeness (QED) is 0.542. The van der Waals surface area contributed by atoms with E-state index in [4.69, 9.17) is 0 Å². The van der Waals surface area contributed by atoms with E-state index in [0.29, 0.717) is 12.1 Å². The standard InChI is InChI=1S/C13H22N2/c1-4-12(10-14-11(2)3)15-13-8-6-5-7-9-13/h5-6,10,12-13,15H,2,4,7-9H2,1,3H3. The van der Waals surface area contributed by atoms with Crippen molar-refractivity contribution < 1.29 is 0 Å². The van der Waals surface area contributed by atoms with Crippen molar-refractivity contribution >= 4 is 6.21 Å². The third kappa shape index (κ3) is 4.93. The molecule has 2 heteroatoms. The van der Waals surface area contributed by atoms with Gasteiger partial charge in [-0.05, 0) is 32.6 Å². The summed E-state index contributed by atoms with van der Waals surface area (Å²) in [5.74, 6) is 0. The molecule has 0 heterocycles. The molecule has 0 saturated carbocycles. The molecule has 0 amide bonds. The molecule has 2 nitrogen and oxygen atoms in total. The lowest BCUT2D eigenvalue weighted by molar-refractivity contribution is 0.448. The summed E-state index contributed by atoms with van der Waals surface area (Å²) < 4.78 is 0. The van der Waals surface area contributed by atoms with Gasteiger partial charge in [0.25, 0.3) is 0 Å². The van der Waals surface area contributed by atoms with Crippen molar-refractivity contribution in [2.45, 2.75) is 51.6 Å². The van der Waals surface area contributed by atoms with E-state index < -0.39 is 0 Å². The predicted octanol–water partition coefficient (Wildman–Crippen LogP) is 3.07. The summed E-state index contributed by atoms with van der Waals surface area (Å²) in [4.78, 5) is 4.26. The minimum absolute atomic E-state index is 0.387. The van der Waals surface area contributed by atoms with Crippen LogP contribution in [0.4, 0.5) is 0 Å². The van der Waals surface area contributed by atoms with Crippen LogP contribution in [0.5, 0.6) is 0 Å². The maximum Gasteiger partial charge on any atom is 0.0424 e. The molecule has 15 heavy (non-hydrogen) atoms. The van der Waals surface area contributed by atoms with Gasteiger partial charge in [-0.1, -0.05) is 25.7 Å². The Morgan fingerprint density at radius 1 is 1.67 bits per heavy atom. The molecule has 2 unspecified atom stereocenters. The molecule has 1 aliphatic carbocycles. The number of hydrogen-bond donors (Lipinski definition) is 1. The molecule has 0 fully saturated rings. The molecule has 0 aliphatic heterocycles. The molecule has 0 spiro atoms. The molecule has 0 aromatic carbocycles. The first-order chi connectivity index (χ1) is 7.22. The summed E-state index contributed by atoms with van der Waals surface area (Å²) in [5, 5.41) is 3.62. The van der Waals surface area contributed by atoms with Gasteiger partial charge in [-0.25, -0.2) is 0 Å². The summed E-state index contributed by atoms with van der Waals surface area (Å²) in [6, 6.07) is 1.01. The molecule has 0 bridgehead atoms. The van der Waals surface area contributed by atoms with E-state index in [-0.39, 0.29) is 0 Å². The molecule has 0 aromatic heterocycles. The number of nitrogens with zero attached hydrogens (tertiary/aromatic N) is 1. The first-order valence-corrected chi connectivity index (χ1v) is 5.83. The largest absolute Gasteiger partial charge is 0.306 e. The van der Waals surface area contributed by atoms with Crippen LogP contribution in [0.2, 0.25) is 0 Å². The van der Waals surface area contributed by atoms with Gasteiger partial charge < -0.3 is 5.32 Å². The highest BCUT2D eigenvalue weighted by molar-refractivity contribution is 5.65. The molecular formula is C13H22N2. The average Bonchev–Trinajstić information content (AvgIpc) is 2.25. The van der Waals surface area contributed by atoms with Crippen molar-refractivity contribution in [3.63, 3.8) is 0 Å². The predicted molar refractivity (Wildman–Crippen MR) is 67.3 cm³/mol. The zero-order chi connectivity index (χ0) is 11.1. The maximum absolute atomic E-state index is 4.26. The van der Waals surface area contributed by atoms with Crippen LogP contribution < -0.4 is 5.32 Å². The van der Waals surface area contributed by atoms with Crippen LogP contribution in [0.1, 0.15) is 39.5 Å². The van der Waals surface area contributed by atoms with Gasteiger partial charge in [-0.2, -0.15) is 0 Å². The number of hydrogen-bond acceptors (Lipinski definition) is 2. The third-order valence-corrected chi connectivity index (χ3v) is 2.63. The van der Waals surface area contributed by atoms with E-state index in [2.05, 4.69) is 36.0 Å². The van der Waals surface area contributed by atoms with Crippen LogP contribution in [-0.2, 0) is 0 Å². The Hall–Kier alpha value is -0.890. The number of aliphatic imine (C=N–C) groups is 1. The molecule has 0 radical (unpaired) electrons. The molecule has 1 N–H and O–H groups in total. The summed E-state index contributed by atoms with van der Waals surface area (Å²) in [6.45, 7) is 7.88. The molecule has 0 saturated heterocycles. The van der Waals surface area contributed by atoms with Crippen LogP contribution in [0.15, 0.2) is 29.4 Å². The van der Waals surface area contributed by atoms with E-state index in [1.807, 2.05) is 13.1 Å². The molecule has 84 valence electrons. The summed E-state index contributed by atoms with van der Waals surface area (Å²) in [5.41, 5.74) is 0.874. The lowest BCUT2D eigenvalue weighted by Gasteiger charge is -2.23. The van der Waals surface area contributed by atoms with Crippen LogP contribution in [0, 0.1) is 0 Å². The number of nitrogens with one attached hydrogen (secondary N) is 1. The highest BCUT2D eigenvalue weighted by Crippen LogP contribution is 2.11. The van der Waals surface area contributed by atoms with Crippen molar-refractivity contribution in [3.8, 4) is 0 Å². The SMILES string of the molecule is C=C(C)N=CC(CC)NC1CC=CCC1. The fourth-order valence-corrected chi connectivity index (χ4v) is 1.73. The minimum Gasteiger partial charge on any atom is -0.306 e. The lowest BCUT2D eigenvalue weighted by atomic mass is 10.0. The van der Waals surface area contributed by atoms with Gasteiger partial charge in [0.05, 0.1) is 0 Å². The maximum atomic E-state index is 4.26. The fraction of sp³-hybridized carbons (Fsp3) is 0.615. The summed E-state index contributed by atoms with van der Waals surface area (Å²) in [7, 11) is 0. The van der Waals surface area contributed by atoms with E-state index >= 15 is 0 Å². The Morgan fingerprint density at radius 3 is 3.00 bits per heavy atom. The molecule has 1 rings (SSSR count). The number of rotatable bonds is 5. The van der Waals surface area contributed by atoms with Gasteiger partial charge in [0, 0.05) is 24.0 Å². The first-order valence-electron chi connectivity index (χ1n) is 5.83. The van der Waals surface area contributed by atoms with E-state index in [0.717, 1.165) is 18.5 Å². The highest BCUT2D eigenvalue weighted by Gasteiger charge is 2.12. The van der Waals surface area contributed by atoms with Gasteiger partial charge in [-0.15, -0.1) is 0 Å². The summed E-state index contributed by atoms with van der Waals surface area (Å²) in [6.07, 6.45) is 11.2.